The molecule has 2 rings (SSSR count). The Bertz CT molecular complexity index is 520. The van der Waals surface area contributed by atoms with E-state index in [1.54, 1.807) is 4.90 Å². The second-order valence-corrected chi connectivity index (χ2v) is 4.32. The maximum atomic E-state index is 11.0. The molecule has 1 saturated heterocycles. The molecule has 102 valence electrons. The van der Waals surface area contributed by atoms with Crippen LogP contribution >= 0.6 is 0 Å². The van der Waals surface area contributed by atoms with Crippen LogP contribution in [-0.2, 0) is 4.79 Å². The van der Waals surface area contributed by atoms with E-state index in [2.05, 4.69) is 15.3 Å². The van der Waals surface area contributed by atoms with Gasteiger partial charge in [0.1, 0.15) is 6.33 Å². The second-order valence-electron chi connectivity index (χ2n) is 4.32. The number of aromatic nitrogens is 2. The first-order valence-corrected chi connectivity index (χ1v) is 5.76. The third-order valence-electron chi connectivity index (χ3n) is 2.91. The Morgan fingerprint density at radius 1 is 1.63 bits per heavy atom. The van der Waals surface area contributed by atoms with E-state index in [9.17, 15) is 14.9 Å². The van der Waals surface area contributed by atoms with Crippen molar-refractivity contribution in [1.82, 2.24) is 15.3 Å². The summed E-state index contributed by atoms with van der Waals surface area (Å²) in [6.45, 7) is 2.48. The van der Waals surface area contributed by atoms with Crippen molar-refractivity contribution in [3.05, 3.63) is 16.4 Å². The normalized spacial score (nSPS) is 18.4. The van der Waals surface area contributed by atoms with Crippen LogP contribution in [0.25, 0.3) is 0 Å². The molecule has 9 nitrogen and oxygen atoms in total. The molecule has 2 heterocycles. The number of carbonyl (C=O) groups is 1. The number of anilines is 2. The monoisotopic (exact) mass is 266 g/mol. The van der Waals surface area contributed by atoms with Crippen molar-refractivity contribution in [2.24, 2.45) is 0 Å². The highest BCUT2D eigenvalue weighted by Gasteiger charge is 2.31. The lowest BCUT2D eigenvalue weighted by Gasteiger charge is -2.17. The summed E-state index contributed by atoms with van der Waals surface area (Å²) >= 11 is 0. The molecule has 1 atom stereocenters. The number of nitrogen functional groups attached to an aromatic ring is 1. The molecule has 9 heteroatoms. The van der Waals surface area contributed by atoms with Crippen LogP contribution in [0.1, 0.15) is 13.3 Å². The molecular formula is C10H14N6O3. The van der Waals surface area contributed by atoms with Gasteiger partial charge in [-0.15, -0.1) is 0 Å². The SMILES string of the molecule is CC(=O)NC1CCN(c2ncnc(N)c2[N+](=O)[O-])C1. The van der Waals surface area contributed by atoms with Gasteiger partial charge in [0.25, 0.3) is 0 Å². The molecular weight excluding hydrogens is 252 g/mol. The van der Waals surface area contributed by atoms with Gasteiger partial charge >= 0.3 is 5.69 Å². The predicted octanol–water partition coefficient (Wildman–Crippen LogP) is -0.318. The van der Waals surface area contributed by atoms with Crippen LogP contribution in [0.2, 0.25) is 0 Å². The number of hydrogen-bond donors (Lipinski definition) is 2. The molecule has 1 aromatic rings. The van der Waals surface area contributed by atoms with Gasteiger partial charge in [-0.25, -0.2) is 9.97 Å². The summed E-state index contributed by atoms with van der Waals surface area (Å²) in [4.78, 5) is 30.7. The summed E-state index contributed by atoms with van der Waals surface area (Å²) < 4.78 is 0. The van der Waals surface area contributed by atoms with Gasteiger partial charge in [-0.2, -0.15) is 0 Å². The number of nitrogens with one attached hydrogen (secondary N) is 1. The third kappa shape index (κ3) is 2.69. The van der Waals surface area contributed by atoms with Crippen molar-refractivity contribution >= 4 is 23.2 Å². The van der Waals surface area contributed by atoms with E-state index in [0.29, 0.717) is 19.5 Å². The molecule has 0 bridgehead atoms. The topological polar surface area (TPSA) is 127 Å². The van der Waals surface area contributed by atoms with Crippen LogP contribution in [0.15, 0.2) is 6.33 Å². The second kappa shape index (κ2) is 5.04. The molecule has 0 saturated carbocycles. The summed E-state index contributed by atoms with van der Waals surface area (Å²) in [5.41, 5.74) is 5.23. The van der Waals surface area contributed by atoms with Crippen molar-refractivity contribution in [3.63, 3.8) is 0 Å². The molecule has 1 aromatic heterocycles. The van der Waals surface area contributed by atoms with Crippen molar-refractivity contribution < 1.29 is 9.72 Å². The first kappa shape index (κ1) is 13.0. The summed E-state index contributed by atoms with van der Waals surface area (Å²) in [5.74, 6) is -0.0770. The van der Waals surface area contributed by atoms with Gasteiger partial charge in [-0.05, 0) is 6.42 Å². The molecule has 1 fully saturated rings. The largest absolute Gasteiger partial charge is 0.378 e. The smallest absolute Gasteiger partial charge is 0.353 e. The fourth-order valence-electron chi connectivity index (χ4n) is 2.15. The van der Waals surface area contributed by atoms with Crippen LogP contribution in [0.3, 0.4) is 0 Å². The van der Waals surface area contributed by atoms with Crippen LogP contribution in [0.4, 0.5) is 17.3 Å². The molecule has 0 aromatic carbocycles. The number of hydrogen-bond acceptors (Lipinski definition) is 7. The Labute approximate surface area is 109 Å². The molecule has 0 spiro atoms. The fraction of sp³-hybridized carbons (Fsp3) is 0.500. The molecule has 1 aliphatic rings. The zero-order valence-electron chi connectivity index (χ0n) is 10.4. The average Bonchev–Trinajstić information content (AvgIpc) is 2.75. The Morgan fingerprint density at radius 2 is 2.37 bits per heavy atom. The van der Waals surface area contributed by atoms with Gasteiger partial charge < -0.3 is 16.0 Å². The number of rotatable bonds is 3. The van der Waals surface area contributed by atoms with E-state index in [0.717, 1.165) is 0 Å². The van der Waals surface area contributed by atoms with Gasteiger partial charge in [0.05, 0.1) is 4.92 Å². The number of nitrogens with zero attached hydrogens (tertiary/aromatic N) is 4. The number of carbonyl (C=O) groups excluding carboxylic acids is 1. The molecule has 1 amide bonds. The van der Waals surface area contributed by atoms with E-state index >= 15 is 0 Å². The maximum absolute atomic E-state index is 11.0. The summed E-state index contributed by atoms with van der Waals surface area (Å²) in [7, 11) is 0. The highest BCUT2D eigenvalue weighted by Crippen LogP contribution is 2.31. The van der Waals surface area contributed by atoms with Crippen LogP contribution < -0.4 is 16.0 Å². The Hall–Kier alpha value is -2.45. The predicted molar refractivity (Wildman–Crippen MR) is 67.5 cm³/mol. The zero-order chi connectivity index (χ0) is 14.0. The lowest BCUT2D eigenvalue weighted by Crippen LogP contribution is -2.35. The van der Waals surface area contributed by atoms with E-state index in [4.69, 9.17) is 5.73 Å². The highest BCUT2D eigenvalue weighted by molar-refractivity contribution is 5.74. The van der Waals surface area contributed by atoms with Gasteiger partial charge in [-0.3, -0.25) is 14.9 Å². The standard InChI is InChI=1S/C10H14N6O3/c1-6(17)14-7-2-3-15(4-7)10-8(16(18)19)9(11)12-5-13-10/h5,7H,2-4H2,1H3,(H,14,17)(H2,11,12,13). The van der Waals surface area contributed by atoms with E-state index in [-0.39, 0.29) is 29.3 Å². The molecule has 3 N–H and O–H groups in total. The van der Waals surface area contributed by atoms with Crippen LogP contribution in [0.5, 0.6) is 0 Å². The van der Waals surface area contributed by atoms with Crippen molar-refractivity contribution in [1.29, 1.82) is 0 Å². The van der Waals surface area contributed by atoms with E-state index in [1.807, 2.05) is 0 Å². The van der Waals surface area contributed by atoms with Gasteiger partial charge in [0, 0.05) is 26.1 Å². The average molecular weight is 266 g/mol. The Balaban J connectivity index is 2.22. The van der Waals surface area contributed by atoms with Crippen molar-refractivity contribution in [2.45, 2.75) is 19.4 Å². The minimum atomic E-state index is -0.587. The van der Waals surface area contributed by atoms with Crippen LogP contribution in [-0.4, -0.2) is 39.9 Å². The lowest BCUT2D eigenvalue weighted by atomic mass is 10.2. The molecule has 0 aliphatic carbocycles. The minimum Gasteiger partial charge on any atom is -0.378 e. The molecule has 19 heavy (non-hydrogen) atoms. The van der Waals surface area contributed by atoms with Crippen molar-refractivity contribution in [2.75, 3.05) is 23.7 Å². The zero-order valence-corrected chi connectivity index (χ0v) is 10.4. The Morgan fingerprint density at radius 3 is 3.00 bits per heavy atom. The third-order valence-corrected chi connectivity index (χ3v) is 2.91. The summed E-state index contributed by atoms with van der Waals surface area (Å²) in [6.07, 6.45) is 1.91. The summed E-state index contributed by atoms with van der Waals surface area (Å²) in [6, 6.07) is -0.0340. The van der Waals surface area contributed by atoms with Gasteiger partial charge in [0.2, 0.25) is 17.5 Å². The van der Waals surface area contributed by atoms with E-state index < -0.39 is 4.92 Å². The molecule has 1 aliphatic heterocycles. The lowest BCUT2D eigenvalue weighted by molar-refractivity contribution is -0.383. The first-order valence-electron chi connectivity index (χ1n) is 5.76. The molecule has 0 radical (unpaired) electrons. The van der Waals surface area contributed by atoms with Gasteiger partial charge in [-0.1, -0.05) is 0 Å². The number of nitrogens with two attached hydrogens (primary N) is 1. The van der Waals surface area contributed by atoms with Crippen molar-refractivity contribution in [3.8, 4) is 0 Å². The van der Waals surface area contributed by atoms with Gasteiger partial charge in [0.15, 0.2) is 0 Å². The number of nitro groups is 1. The maximum Gasteiger partial charge on any atom is 0.353 e. The highest BCUT2D eigenvalue weighted by atomic mass is 16.6. The first-order chi connectivity index (χ1) is 8.99. The minimum absolute atomic E-state index is 0.0340. The molecule has 1 unspecified atom stereocenters. The van der Waals surface area contributed by atoms with E-state index in [1.165, 1.54) is 13.3 Å². The Kier molecular flexibility index (Phi) is 3.45. The summed E-state index contributed by atoms with van der Waals surface area (Å²) in [5, 5.41) is 13.8. The quantitative estimate of drug-likeness (QED) is 0.567. The number of amides is 1. The van der Waals surface area contributed by atoms with Crippen LogP contribution in [0, 0.1) is 10.1 Å². The fourth-order valence-corrected chi connectivity index (χ4v) is 2.15.